The van der Waals surface area contributed by atoms with E-state index in [1.807, 2.05) is 12.1 Å². The van der Waals surface area contributed by atoms with Crippen molar-refractivity contribution in [3.8, 4) is 0 Å². The number of imide groups is 1. The summed E-state index contributed by atoms with van der Waals surface area (Å²) in [5.74, 6) is -0.456. The van der Waals surface area contributed by atoms with Gasteiger partial charge in [-0.3, -0.25) is 14.5 Å². The molecule has 2 amide bonds. The van der Waals surface area contributed by atoms with Crippen LogP contribution in [0, 0.1) is 0 Å². The highest BCUT2D eigenvalue weighted by Gasteiger charge is 2.32. The first-order valence-electron chi connectivity index (χ1n) is 6.39. The van der Waals surface area contributed by atoms with Crippen molar-refractivity contribution in [1.29, 1.82) is 0 Å². The maximum absolute atomic E-state index is 11.9. The van der Waals surface area contributed by atoms with Gasteiger partial charge in [0, 0.05) is 24.2 Å². The number of thiophene rings is 1. The van der Waals surface area contributed by atoms with Gasteiger partial charge in [-0.25, -0.2) is 0 Å². The van der Waals surface area contributed by atoms with Gasteiger partial charge in [0.2, 0.25) is 0 Å². The second kappa shape index (κ2) is 5.09. The molecule has 0 bridgehead atoms. The first kappa shape index (κ1) is 12.9. The summed E-state index contributed by atoms with van der Waals surface area (Å²) in [7, 11) is 1.51. The van der Waals surface area contributed by atoms with E-state index in [0.29, 0.717) is 11.1 Å². The Balaban J connectivity index is 1.70. The quantitative estimate of drug-likeness (QED) is 0.879. The van der Waals surface area contributed by atoms with E-state index in [1.54, 1.807) is 23.5 Å². The van der Waals surface area contributed by atoms with Gasteiger partial charge in [0.15, 0.2) is 0 Å². The number of carbonyl (C=O) groups excluding carboxylic acids is 2. The fraction of sp³-hybridized carbons (Fsp3) is 0.200. The average molecular weight is 286 g/mol. The molecule has 1 aliphatic heterocycles. The molecule has 3 rings (SSSR count). The minimum absolute atomic E-state index is 0.227. The van der Waals surface area contributed by atoms with Crippen molar-refractivity contribution in [2.75, 3.05) is 18.9 Å². The summed E-state index contributed by atoms with van der Waals surface area (Å²) in [6.45, 7) is 0.803. The van der Waals surface area contributed by atoms with Gasteiger partial charge in [0.05, 0.1) is 11.1 Å². The number of carbonyl (C=O) groups is 2. The summed E-state index contributed by atoms with van der Waals surface area (Å²) in [5.41, 5.74) is 1.84. The molecule has 1 aromatic carbocycles. The second-order valence-electron chi connectivity index (χ2n) is 4.69. The first-order valence-corrected chi connectivity index (χ1v) is 7.27. The highest BCUT2D eigenvalue weighted by molar-refractivity contribution is 7.09. The third-order valence-corrected chi connectivity index (χ3v) is 4.31. The molecule has 0 atom stereocenters. The van der Waals surface area contributed by atoms with Crippen LogP contribution in [0.1, 0.15) is 25.6 Å². The van der Waals surface area contributed by atoms with E-state index in [1.165, 1.54) is 11.9 Å². The zero-order valence-corrected chi connectivity index (χ0v) is 11.9. The predicted molar refractivity (Wildman–Crippen MR) is 79.4 cm³/mol. The van der Waals surface area contributed by atoms with Gasteiger partial charge in [-0.05, 0) is 36.1 Å². The molecule has 0 spiro atoms. The highest BCUT2D eigenvalue weighted by atomic mass is 32.1. The zero-order chi connectivity index (χ0) is 14.1. The number of benzene rings is 1. The summed E-state index contributed by atoms with van der Waals surface area (Å²) in [5, 5.41) is 5.35. The van der Waals surface area contributed by atoms with E-state index >= 15 is 0 Å². The predicted octanol–water partition coefficient (Wildman–Crippen LogP) is 2.63. The number of hydrogen-bond donors (Lipinski definition) is 1. The van der Waals surface area contributed by atoms with E-state index in [0.717, 1.165) is 23.6 Å². The zero-order valence-electron chi connectivity index (χ0n) is 11.1. The standard InChI is InChI=1S/C15H14N2O2S/c1-17-14(18)12-5-4-10(9-13(12)15(17)19)16-7-6-11-3-2-8-20-11/h2-5,8-9,16H,6-7H2,1H3. The molecular formula is C15H14N2O2S. The molecule has 2 aromatic rings. The maximum Gasteiger partial charge on any atom is 0.261 e. The summed E-state index contributed by atoms with van der Waals surface area (Å²) >= 11 is 1.73. The Kier molecular flexibility index (Phi) is 3.28. The number of fused-ring (bicyclic) bond motifs is 1. The second-order valence-corrected chi connectivity index (χ2v) is 5.72. The lowest BCUT2D eigenvalue weighted by Crippen LogP contribution is -2.24. The molecule has 0 saturated heterocycles. The molecule has 0 unspecified atom stereocenters. The Hall–Kier alpha value is -2.14. The van der Waals surface area contributed by atoms with Gasteiger partial charge >= 0.3 is 0 Å². The number of hydrogen-bond acceptors (Lipinski definition) is 4. The molecule has 1 aromatic heterocycles. The van der Waals surface area contributed by atoms with Gasteiger partial charge in [-0.2, -0.15) is 0 Å². The Morgan fingerprint density at radius 3 is 2.70 bits per heavy atom. The largest absolute Gasteiger partial charge is 0.385 e. The van der Waals surface area contributed by atoms with E-state index in [4.69, 9.17) is 0 Å². The molecule has 0 fully saturated rings. The fourth-order valence-electron chi connectivity index (χ4n) is 2.26. The van der Waals surface area contributed by atoms with Crippen molar-refractivity contribution >= 4 is 28.8 Å². The molecule has 1 N–H and O–H groups in total. The van der Waals surface area contributed by atoms with Crippen LogP contribution >= 0.6 is 11.3 Å². The molecular weight excluding hydrogens is 272 g/mol. The lowest BCUT2D eigenvalue weighted by molar-refractivity contribution is 0.0693. The van der Waals surface area contributed by atoms with Crippen LogP contribution in [0.2, 0.25) is 0 Å². The molecule has 0 saturated carbocycles. The van der Waals surface area contributed by atoms with Crippen molar-refractivity contribution < 1.29 is 9.59 Å². The highest BCUT2D eigenvalue weighted by Crippen LogP contribution is 2.24. The van der Waals surface area contributed by atoms with Crippen LogP contribution < -0.4 is 5.32 Å². The lowest BCUT2D eigenvalue weighted by Gasteiger charge is -2.06. The maximum atomic E-state index is 11.9. The molecule has 2 heterocycles. The summed E-state index contributed by atoms with van der Waals surface area (Å²) < 4.78 is 0. The van der Waals surface area contributed by atoms with Crippen LogP contribution in [0.4, 0.5) is 5.69 Å². The van der Waals surface area contributed by atoms with Crippen molar-refractivity contribution in [3.05, 3.63) is 51.7 Å². The number of amides is 2. The van der Waals surface area contributed by atoms with Crippen LogP contribution in [0.5, 0.6) is 0 Å². The van der Waals surface area contributed by atoms with Gasteiger partial charge < -0.3 is 5.32 Å². The van der Waals surface area contributed by atoms with E-state index < -0.39 is 0 Å². The molecule has 4 nitrogen and oxygen atoms in total. The summed E-state index contributed by atoms with van der Waals surface area (Å²) in [4.78, 5) is 26.1. The van der Waals surface area contributed by atoms with Crippen molar-refractivity contribution in [3.63, 3.8) is 0 Å². The van der Waals surface area contributed by atoms with Crippen molar-refractivity contribution in [1.82, 2.24) is 4.90 Å². The molecule has 1 aliphatic rings. The Morgan fingerprint density at radius 2 is 1.95 bits per heavy atom. The Morgan fingerprint density at radius 1 is 1.15 bits per heavy atom. The minimum atomic E-state index is -0.230. The Bertz CT molecular complexity index is 665. The third-order valence-electron chi connectivity index (χ3n) is 3.37. The third kappa shape index (κ3) is 2.20. The number of nitrogens with zero attached hydrogens (tertiary/aromatic N) is 1. The van der Waals surface area contributed by atoms with Crippen LogP contribution in [0.15, 0.2) is 35.7 Å². The fourth-order valence-corrected chi connectivity index (χ4v) is 2.97. The van der Waals surface area contributed by atoms with E-state index in [9.17, 15) is 9.59 Å². The summed E-state index contributed by atoms with van der Waals surface area (Å²) in [6, 6.07) is 9.46. The molecule has 20 heavy (non-hydrogen) atoms. The Labute approximate surface area is 121 Å². The van der Waals surface area contributed by atoms with Gasteiger partial charge in [0.1, 0.15) is 0 Å². The first-order chi connectivity index (χ1) is 9.66. The number of rotatable bonds is 4. The van der Waals surface area contributed by atoms with Gasteiger partial charge in [-0.1, -0.05) is 6.07 Å². The monoisotopic (exact) mass is 286 g/mol. The minimum Gasteiger partial charge on any atom is -0.385 e. The molecule has 5 heteroatoms. The van der Waals surface area contributed by atoms with Crippen LogP contribution in [0.25, 0.3) is 0 Å². The van der Waals surface area contributed by atoms with Crippen LogP contribution in [-0.2, 0) is 6.42 Å². The smallest absolute Gasteiger partial charge is 0.261 e. The van der Waals surface area contributed by atoms with E-state index in [-0.39, 0.29) is 11.8 Å². The van der Waals surface area contributed by atoms with Crippen LogP contribution in [0.3, 0.4) is 0 Å². The van der Waals surface area contributed by atoms with Crippen molar-refractivity contribution in [2.45, 2.75) is 6.42 Å². The molecule has 0 aliphatic carbocycles. The number of nitrogens with one attached hydrogen (secondary N) is 1. The summed E-state index contributed by atoms with van der Waals surface area (Å²) in [6.07, 6.45) is 0.946. The average Bonchev–Trinajstić information content (AvgIpc) is 3.04. The lowest BCUT2D eigenvalue weighted by atomic mass is 10.1. The van der Waals surface area contributed by atoms with Gasteiger partial charge in [0.25, 0.3) is 11.8 Å². The van der Waals surface area contributed by atoms with Gasteiger partial charge in [-0.15, -0.1) is 11.3 Å². The molecule has 102 valence electrons. The van der Waals surface area contributed by atoms with E-state index in [2.05, 4.69) is 16.8 Å². The number of anilines is 1. The SMILES string of the molecule is CN1C(=O)c2ccc(NCCc3cccs3)cc2C1=O. The van der Waals surface area contributed by atoms with Crippen molar-refractivity contribution in [2.24, 2.45) is 0 Å². The normalized spacial score (nSPS) is 13.8. The van der Waals surface area contributed by atoms with Crippen LogP contribution in [-0.4, -0.2) is 30.3 Å². The topological polar surface area (TPSA) is 49.4 Å². The molecule has 0 radical (unpaired) electrons.